The molecule has 0 aliphatic carbocycles. The maximum Gasteiger partial charge on any atom is 0.269 e. The number of rotatable bonds is 6. The predicted molar refractivity (Wildman–Crippen MR) is 89.6 cm³/mol. The number of amides is 1. The second kappa shape index (κ2) is 6.99. The van der Waals surface area contributed by atoms with Gasteiger partial charge in [0.1, 0.15) is 11.4 Å². The molecule has 0 spiro atoms. The smallest absolute Gasteiger partial charge is 0.269 e. The van der Waals surface area contributed by atoms with E-state index in [2.05, 4.69) is 20.6 Å². The van der Waals surface area contributed by atoms with E-state index in [1.54, 1.807) is 19.4 Å². The zero-order valence-corrected chi connectivity index (χ0v) is 13.6. The van der Waals surface area contributed by atoms with Gasteiger partial charge < -0.3 is 10.1 Å². The Morgan fingerprint density at radius 2 is 2.12 bits per heavy atom. The van der Waals surface area contributed by atoms with Crippen LogP contribution in [0.25, 0.3) is 11.3 Å². The Balaban J connectivity index is 1.64. The van der Waals surface area contributed by atoms with Crippen LogP contribution in [0.1, 0.15) is 23.0 Å². The lowest BCUT2D eigenvalue weighted by atomic mass is 10.1. The number of nitrogens with one attached hydrogen (secondary N) is 2. The molecule has 0 saturated heterocycles. The summed E-state index contributed by atoms with van der Waals surface area (Å²) in [4.78, 5) is 12.2. The molecule has 0 bridgehead atoms. The summed E-state index contributed by atoms with van der Waals surface area (Å²) in [5.41, 5.74) is 3.00. The highest BCUT2D eigenvalue weighted by Crippen LogP contribution is 2.21. The maximum absolute atomic E-state index is 12.2. The number of H-pyrrole nitrogens is 1. The molecule has 0 unspecified atom stereocenters. The van der Waals surface area contributed by atoms with Crippen LogP contribution in [-0.4, -0.2) is 33.0 Å². The van der Waals surface area contributed by atoms with E-state index >= 15 is 0 Å². The van der Waals surface area contributed by atoms with Crippen LogP contribution in [0.5, 0.6) is 5.75 Å². The minimum atomic E-state index is -0.202. The minimum absolute atomic E-state index is 0.202. The van der Waals surface area contributed by atoms with Crippen LogP contribution >= 0.6 is 0 Å². The van der Waals surface area contributed by atoms with Gasteiger partial charge in [-0.25, -0.2) is 0 Å². The van der Waals surface area contributed by atoms with Gasteiger partial charge >= 0.3 is 0 Å². The van der Waals surface area contributed by atoms with Crippen LogP contribution in [0.3, 0.4) is 0 Å². The summed E-state index contributed by atoms with van der Waals surface area (Å²) in [6, 6.07) is 9.24. The van der Waals surface area contributed by atoms with Crippen LogP contribution in [-0.2, 0) is 13.1 Å². The second-order valence-electron chi connectivity index (χ2n) is 5.28. The van der Waals surface area contributed by atoms with Crippen molar-refractivity contribution >= 4 is 5.91 Å². The summed E-state index contributed by atoms with van der Waals surface area (Å²) < 4.78 is 6.95. The number of aromatic amines is 1. The number of hydrogen-bond donors (Lipinski definition) is 2. The van der Waals surface area contributed by atoms with Gasteiger partial charge in [0.2, 0.25) is 0 Å². The SMILES string of the molecule is CCn1cc(CNC(=O)c2cc(-c3ccc(OC)cc3)n[nH]2)cn1. The average molecular weight is 325 g/mol. The van der Waals surface area contributed by atoms with Gasteiger partial charge in [0.25, 0.3) is 5.91 Å². The molecule has 0 aliphatic rings. The van der Waals surface area contributed by atoms with E-state index in [0.717, 1.165) is 23.4 Å². The second-order valence-corrected chi connectivity index (χ2v) is 5.28. The first-order chi connectivity index (χ1) is 11.7. The van der Waals surface area contributed by atoms with Crippen LogP contribution in [0, 0.1) is 0 Å². The van der Waals surface area contributed by atoms with Crippen molar-refractivity contribution in [2.75, 3.05) is 7.11 Å². The molecule has 1 amide bonds. The Labute approximate surface area is 139 Å². The van der Waals surface area contributed by atoms with Gasteiger partial charge in [-0.05, 0) is 37.3 Å². The predicted octanol–water partition coefficient (Wildman–Crippen LogP) is 2.23. The van der Waals surface area contributed by atoms with Crippen molar-refractivity contribution in [3.8, 4) is 17.0 Å². The van der Waals surface area contributed by atoms with Gasteiger partial charge in [-0.3, -0.25) is 14.6 Å². The van der Waals surface area contributed by atoms with Crippen molar-refractivity contribution < 1.29 is 9.53 Å². The zero-order chi connectivity index (χ0) is 16.9. The quantitative estimate of drug-likeness (QED) is 0.728. The van der Waals surface area contributed by atoms with Gasteiger partial charge in [0.15, 0.2) is 0 Å². The van der Waals surface area contributed by atoms with Crippen LogP contribution in [0.2, 0.25) is 0 Å². The molecule has 0 radical (unpaired) electrons. The summed E-state index contributed by atoms with van der Waals surface area (Å²) in [7, 11) is 1.62. The lowest BCUT2D eigenvalue weighted by molar-refractivity contribution is 0.0946. The standard InChI is InChI=1S/C17H19N5O2/c1-3-22-11-12(10-19-22)9-18-17(23)16-8-15(20-21-16)13-4-6-14(24-2)7-5-13/h4-8,10-11H,3,9H2,1-2H3,(H,18,23)(H,20,21). The summed E-state index contributed by atoms with van der Waals surface area (Å²) >= 11 is 0. The van der Waals surface area contributed by atoms with E-state index < -0.39 is 0 Å². The molecule has 2 aromatic heterocycles. The monoisotopic (exact) mass is 325 g/mol. The molecule has 0 atom stereocenters. The number of carbonyl (C=O) groups excluding carboxylic acids is 1. The van der Waals surface area contributed by atoms with Gasteiger partial charge in [0.05, 0.1) is 19.0 Å². The first-order valence-corrected chi connectivity index (χ1v) is 7.69. The van der Waals surface area contributed by atoms with Crippen molar-refractivity contribution in [3.63, 3.8) is 0 Å². The molecule has 3 rings (SSSR count). The van der Waals surface area contributed by atoms with E-state index in [9.17, 15) is 4.79 Å². The maximum atomic E-state index is 12.2. The molecule has 0 aliphatic heterocycles. The van der Waals surface area contributed by atoms with E-state index in [0.29, 0.717) is 17.9 Å². The largest absolute Gasteiger partial charge is 0.497 e. The van der Waals surface area contributed by atoms with Crippen molar-refractivity contribution in [2.45, 2.75) is 20.0 Å². The Bertz CT molecular complexity index is 820. The Morgan fingerprint density at radius 1 is 1.33 bits per heavy atom. The molecule has 7 heteroatoms. The van der Waals surface area contributed by atoms with Crippen molar-refractivity contribution in [1.29, 1.82) is 0 Å². The molecule has 3 aromatic rings. The molecule has 2 heterocycles. The lowest BCUT2D eigenvalue weighted by Crippen LogP contribution is -2.22. The number of ether oxygens (including phenoxy) is 1. The summed E-state index contributed by atoms with van der Waals surface area (Å²) in [5, 5.41) is 14.0. The topological polar surface area (TPSA) is 84.8 Å². The van der Waals surface area contributed by atoms with Gasteiger partial charge in [-0.2, -0.15) is 10.2 Å². The first kappa shape index (κ1) is 15.8. The highest BCUT2D eigenvalue weighted by molar-refractivity contribution is 5.93. The average Bonchev–Trinajstić information content (AvgIpc) is 3.29. The number of aryl methyl sites for hydroxylation is 1. The van der Waals surface area contributed by atoms with Crippen LogP contribution in [0.4, 0.5) is 0 Å². The van der Waals surface area contributed by atoms with Gasteiger partial charge in [-0.15, -0.1) is 0 Å². The number of aromatic nitrogens is 4. The fourth-order valence-electron chi connectivity index (χ4n) is 2.30. The van der Waals surface area contributed by atoms with Gasteiger partial charge in [-0.1, -0.05) is 0 Å². The molecule has 0 fully saturated rings. The van der Waals surface area contributed by atoms with Crippen molar-refractivity contribution in [3.05, 3.63) is 54.0 Å². The summed E-state index contributed by atoms with van der Waals surface area (Å²) in [5.74, 6) is 0.575. The third kappa shape index (κ3) is 3.45. The third-order valence-electron chi connectivity index (χ3n) is 3.67. The molecule has 1 aromatic carbocycles. The number of nitrogens with zero attached hydrogens (tertiary/aromatic N) is 3. The van der Waals surface area contributed by atoms with E-state index in [-0.39, 0.29) is 5.91 Å². The molecule has 0 saturated carbocycles. The summed E-state index contributed by atoms with van der Waals surface area (Å²) in [6.45, 7) is 3.25. The number of carbonyl (C=O) groups is 1. The normalized spacial score (nSPS) is 10.6. The first-order valence-electron chi connectivity index (χ1n) is 7.69. The molecular weight excluding hydrogens is 306 g/mol. The van der Waals surface area contributed by atoms with E-state index in [4.69, 9.17) is 4.74 Å². The summed E-state index contributed by atoms with van der Waals surface area (Å²) in [6.07, 6.45) is 3.66. The van der Waals surface area contributed by atoms with Crippen molar-refractivity contribution in [1.82, 2.24) is 25.3 Å². The van der Waals surface area contributed by atoms with E-state index in [1.807, 2.05) is 42.1 Å². The third-order valence-corrected chi connectivity index (χ3v) is 3.67. The Kier molecular flexibility index (Phi) is 4.60. The highest BCUT2D eigenvalue weighted by atomic mass is 16.5. The number of benzene rings is 1. The highest BCUT2D eigenvalue weighted by Gasteiger charge is 2.11. The Morgan fingerprint density at radius 3 is 2.79 bits per heavy atom. The fourth-order valence-corrected chi connectivity index (χ4v) is 2.30. The minimum Gasteiger partial charge on any atom is -0.497 e. The van der Waals surface area contributed by atoms with E-state index in [1.165, 1.54) is 0 Å². The van der Waals surface area contributed by atoms with Gasteiger partial charge in [0, 0.05) is 30.4 Å². The van der Waals surface area contributed by atoms with Crippen LogP contribution < -0.4 is 10.1 Å². The van der Waals surface area contributed by atoms with Crippen LogP contribution in [0.15, 0.2) is 42.7 Å². The molecule has 24 heavy (non-hydrogen) atoms. The number of hydrogen-bond acceptors (Lipinski definition) is 4. The Hall–Kier alpha value is -3.09. The van der Waals surface area contributed by atoms with Crippen molar-refractivity contribution in [2.24, 2.45) is 0 Å². The molecule has 7 nitrogen and oxygen atoms in total. The number of methoxy groups -OCH3 is 1. The zero-order valence-electron chi connectivity index (χ0n) is 13.6. The molecular formula is C17H19N5O2. The molecule has 124 valence electrons. The lowest BCUT2D eigenvalue weighted by Gasteiger charge is -2.01. The fraction of sp³-hybridized carbons (Fsp3) is 0.235. The molecule has 2 N–H and O–H groups in total.